The molecular formula is C23H28N6O3. The SMILES string of the molecule is COCCCn1c(NC(=O)c2cccc(N)c2)nc2cc(C(=O)N3CCC[C@H]3C)cnc21. The number of fused-ring (bicyclic) bond motifs is 1. The molecule has 0 aliphatic carbocycles. The Hall–Kier alpha value is -3.46. The lowest BCUT2D eigenvalue weighted by molar-refractivity contribution is 0.0747. The minimum absolute atomic E-state index is 0.0383. The number of nitrogens with two attached hydrogens (primary N) is 1. The summed E-state index contributed by atoms with van der Waals surface area (Å²) in [5.74, 6) is 0.0154. The molecule has 9 heteroatoms. The Morgan fingerprint density at radius 1 is 1.28 bits per heavy atom. The van der Waals surface area contributed by atoms with Crippen molar-refractivity contribution in [2.45, 2.75) is 38.8 Å². The largest absolute Gasteiger partial charge is 0.399 e. The van der Waals surface area contributed by atoms with E-state index in [1.165, 1.54) is 0 Å². The minimum atomic E-state index is -0.317. The number of nitrogens with one attached hydrogen (secondary N) is 1. The number of hydrogen-bond acceptors (Lipinski definition) is 6. The number of hydrogen-bond donors (Lipinski definition) is 2. The normalized spacial score (nSPS) is 15.9. The van der Waals surface area contributed by atoms with Crippen LogP contribution in [-0.2, 0) is 11.3 Å². The van der Waals surface area contributed by atoms with Gasteiger partial charge >= 0.3 is 0 Å². The number of aromatic nitrogens is 3. The smallest absolute Gasteiger partial charge is 0.258 e. The number of methoxy groups -OCH3 is 1. The average molecular weight is 437 g/mol. The highest BCUT2D eigenvalue weighted by Crippen LogP contribution is 2.24. The molecule has 0 unspecified atom stereocenters. The number of rotatable bonds is 7. The molecule has 0 bridgehead atoms. The highest BCUT2D eigenvalue weighted by Gasteiger charge is 2.27. The van der Waals surface area contributed by atoms with Crippen LogP contribution in [0.4, 0.5) is 11.6 Å². The number of imidazole rings is 1. The summed E-state index contributed by atoms with van der Waals surface area (Å²) in [5.41, 5.74) is 8.42. The van der Waals surface area contributed by atoms with Crippen molar-refractivity contribution in [2.24, 2.45) is 0 Å². The van der Waals surface area contributed by atoms with Gasteiger partial charge in [-0.25, -0.2) is 9.97 Å². The van der Waals surface area contributed by atoms with Gasteiger partial charge in [0.15, 0.2) is 5.65 Å². The van der Waals surface area contributed by atoms with Crippen molar-refractivity contribution < 1.29 is 14.3 Å². The number of ether oxygens (including phenoxy) is 1. The van der Waals surface area contributed by atoms with Gasteiger partial charge in [0, 0.05) is 50.3 Å². The Morgan fingerprint density at radius 2 is 2.12 bits per heavy atom. The van der Waals surface area contributed by atoms with E-state index < -0.39 is 0 Å². The highest BCUT2D eigenvalue weighted by atomic mass is 16.5. The summed E-state index contributed by atoms with van der Waals surface area (Å²) in [5, 5.41) is 2.86. The van der Waals surface area contributed by atoms with Gasteiger partial charge in [-0.2, -0.15) is 0 Å². The van der Waals surface area contributed by atoms with Crippen LogP contribution in [0, 0.1) is 0 Å². The molecule has 2 aromatic heterocycles. The maximum Gasteiger partial charge on any atom is 0.258 e. The summed E-state index contributed by atoms with van der Waals surface area (Å²) in [7, 11) is 1.64. The Morgan fingerprint density at radius 3 is 2.84 bits per heavy atom. The Kier molecular flexibility index (Phi) is 6.36. The number of carbonyl (C=O) groups is 2. The van der Waals surface area contributed by atoms with Gasteiger partial charge < -0.3 is 15.4 Å². The molecule has 32 heavy (non-hydrogen) atoms. The molecule has 3 N–H and O–H groups in total. The van der Waals surface area contributed by atoms with Crippen LogP contribution >= 0.6 is 0 Å². The first-order chi connectivity index (χ1) is 15.5. The van der Waals surface area contributed by atoms with Crippen molar-refractivity contribution in [3.8, 4) is 0 Å². The van der Waals surface area contributed by atoms with Gasteiger partial charge in [-0.15, -0.1) is 0 Å². The fourth-order valence-corrected chi connectivity index (χ4v) is 4.06. The molecule has 0 spiro atoms. The van der Waals surface area contributed by atoms with Crippen LogP contribution in [0.1, 0.15) is 46.9 Å². The summed E-state index contributed by atoms with van der Waals surface area (Å²) in [6, 6.07) is 8.72. The van der Waals surface area contributed by atoms with Crippen molar-refractivity contribution in [1.82, 2.24) is 19.4 Å². The van der Waals surface area contributed by atoms with Crippen LogP contribution < -0.4 is 11.1 Å². The second-order valence-electron chi connectivity index (χ2n) is 8.07. The van der Waals surface area contributed by atoms with Crippen molar-refractivity contribution in [3.05, 3.63) is 47.7 Å². The Balaban J connectivity index is 1.66. The minimum Gasteiger partial charge on any atom is -0.399 e. The van der Waals surface area contributed by atoms with Crippen molar-refractivity contribution in [2.75, 3.05) is 31.3 Å². The molecule has 168 valence electrons. The van der Waals surface area contributed by atoms with Crippen molar-refractivity contribution >= 4 is 34.6 Å². The number of pyridine rings is 1. The number of nitrogen functional groups attached to an aromatic ring is 1. The molecular weight excluding hydrogens is 408 g/mol. The average Bonchev–Trinajstić information content (AvgIpc) is 3.36. The number of benzene rings is 1. The number of carbonyl (C=O) groups excluding carboxylic acids is 2. The van der Waals surface area contributed by atoms with Crippen LogP contribution in [-0.4, -0.2) is 57.6 Å². The van der Waals surface area contributed by atoms with Gasteiger partial charge in [0.2, 0.25) is 5.95 Å². The molecule has 2 amide bonds. The number of amides is 2. The lowest BCUT2D eigenvalue weighted by atomic mass is 10.2. The molecule has 1 saturated heterocycles. The Bertz CT molecular complexity index is 1140. The topological polar surface area (TPSA) is 115 Å². The lowest BCUT2D eigenvalue weighted by Crippen LogP contribution is -2.33. The monoisotopic (exact) mass is 436 g/mol. The van der Waals surface area contributed by atoms with Crippen LogP contribution in [0.15, 0.2) is 36.5 Å². The predicted molar refractivity (Wildman–Crippen MR) is 123 cm³/mol. The molecule has 1 aliphatic rings. The van der Waals surface area contributed by atoms with E-state index in [0.717, 1.165) is 25.8 Å². The molecule has 9 nitrogen and oxygen atoms in total. The third-order valence-corrected chi connectivity index (χ3v) is 5.75. The summed E-state index contributed by atoms with van der Waals surface area (Å²) in [4.78, 5) is 36.7. The lowest BCUT2D eigenvalue weighted by Gasteiger charge is -2.21. The van der Waals surface area contributed by atoms with E-state index in [0.29, 0.717) is 47.1 Å². The van der Waals surface area contributed by atoms with Crippen molar-refractivity contribution in [1.29, 1.82) is 0 Å². The number of aryl methyl sites for hydroxylation is 1. The van der Waals surface area contributed by atoms with Crippen molar-refractivity contribution in [3.63, 3.8) is 0 Å². The molecule has 1 aliphatic heterocycles. The van der Waals surface area contributed by atoms with Crippen LogP contribution in [0.3, 0.4) is 0 Å². The molecule has 1 fully saturated rings. The third kappa shape index (κ3) is 4.43. The second kappa shape index (κ2) is 9.35. The predicted octanol–water partition coefficient (Wildman–Crippen LogP) is 2.93. The first kappa shape index (κ1) is 21.8. The zero-order valence-corrected chi connectivity index (χ0v) is 18.4. The standard InChI is InChI=1S/C23H28N6O3/c1-15-6-4-9-28(15)22(31)17-13-19-20(25-14-17)29(10-5-11-32-2)23(26-19)27-21(30)16-7-3-8-18(24)12-16/h3,7-8,12-15H,4-6,9-11,24H2,1-2H3,(H,26,27,30)/t15-/m1/s1. The first-order valence-corrected chi connectivity index (χ1v) is 10.8. The number of anilines is 2. The van der Waals surface area contributed by atoms with E-state index in [9.17, 15) is 9.59 Å². The van der Waals surface area contributed by atoms with E-state index in [-0.39, 0.29) is 17.9 Å². The van der Waals surface area contributed by atoms with E-state index >= 15 is 0 Å². The van der Waals surface area contributed by atoms with E-state index in [2.05, 4.69) is 22.2 Å². The summed E-state index contributed by atoms with van der Waals surface area (Å²) in [6.07, 6.45) is 4.33. The molecule has 0 radical (unpaired) electrons. The first-order valence-electron chi connectivity index (χ1n) is 10.8. The second-order valence-corrected chi connectivity index (χ2v) is 8.07. The molecule has 1 atom stereocenters. The summed E-state index contributed by atoms with van der Waals surface area (Å²) >= 11 is 0. The molecule has 3 heterocycles. The van der Waals surface area contributed by atoms with E-state index in [1.807, 2.05) is 9.47 Å². The van der Waals surface area contributed by atoms with Gasteiger partial charge in [0.25, 0.3) is 11.8 Å². The third-order valence-electron chi connectivity index (χ3n) is 5.75. The van der Waals surface area contributed by atoms with Crippen LogP contribution in [0.2, 0.25) is 0 Å². The molecule has 1 aromatic carbocycles. The van der Waals surface area contributed by atoms with Gasteiger partial charge in [-0.05, 0) is 50.5 Å². The fraction of sp³-hybridized carbons (Fsp3) is 0.391. The zero-order chi connectivity index (χ0) is 22.7. The Labute approximate surface area is 186 Å². The zero-order valence-electron chi connectivity index (χ0n) is 18.4. The molecule has 3 aromatic rings. The van der Waals surface area contributed by atoms with E-state index in [4.69, 9.17) is 10.5 Å². The van der Waals surface area contributed by atoms with Crippen LogP contribution in [0.25, 0.3) is 11.2 Å². The van der Waals surface area contributed by atoms with Gasteiger partial charge in [0.05, 0.1) is 5.56 Å². The summed E-state index contributed by atoms with van der Waals surface area (Å²) in [6.45, 7) is 3.93. The quantitative estimate of drug-likeness (QED) is 0.435. The summed E-state index contributed by atoms with van der Waals surface area (Å²) < 4.78 is 7.01. The number of likely N-dealkylation sites (tertiary alicyclic amines) is 1. The number of nitrogens with zero attached hydrogens (tertiary/aromatic N) is 4. The van der Waals surface area contributed by atoms with E-state index in [1.54, 1.807) is 43.6 Å². The van der Waals surface area contributed by atoms with Gasteiger partial charge in [-0.3, -0.25) is 19.5 Å². The maximum atomic E-state index is 13.0. The maximum absolute atomic E-state index is 13.0. The van der Waals surface area contributed by atoms with Gasteiger partial charge in [-0.1, -0.05) is 6.07 Å². The van der Waals surface area contributed by atoms with Crippen LogP contribution in [0.5, 0.6) is 0 Å². The fourth-order valence-electron chi connectivity index (χ4n) is 4.06. The molecule has 0 saturated carbocycles. The molecule has 4 rings (SSSR count). The van der Waals surface area contributed by atoms with Gasteiger partial charge in [0.1, 0.15) is 5.52 Å². The highest BCUT2D eigenvalue weighted by molar-refractivity contribution is 6.04.